The number of rotatable bonds is 4. The normalized spacial score (nSPS) is 11.2. The Balaban J connectivity index is 3.23. The van der Waals surface area contributed by atoms with E-state index in [0.717, 1.165) is 12.1 Å². The molecule has 7 heteroatoms. The van der Waals surface area contributed by atoms with Crippen LogP contribution in [0, 0.1) is 15.5 Å². The molecule has 1 rings (SSSR count). The Bertz CT molecular complexity index is 523. The van der Waals surface area contributed by atoms with Crippen LogP contribution in [0.15, 0.2) is 12.1 Å². The highest BCUT2D eigenvalue weighted by Gasteiger charge is 2.21. The minimum atomic E-state index is -1.26. The molecule has 0 radical (unpaired) electrons. The number of halogens is 1. The lowest BCUT2D eigenvalue weighted by Crippen LogP contribution is -2.20. The number of non-ortho nitro benzene ring substituents is 1. The number of nitro groups is 1. The van der Waals surface area contributed by atoms with Crippen LogP contribution in [0.2, 0.25) is 5.02 Å². The number of hydrogen-bond acceptors (Lipinski definition) is 4. The molecule has 6 nitrogen and oxygen atoms in total. The summed E-state index contributed by atoms with van der Waals surface area (Å²) in [5.74, 6) is -1.26. The lowest BCUT2D eigenvalue weighted by atomic mass is 9.96. The van der Waals surface area contributed by atoms with Gasteiger partial charge in [-0.15, -0.1) is 0 Å². The van der Waals surface area contributed by atoms with E-state index in [4.69, 9.17) is 16.7 Å². The maximum Gasteiger partial charge on any atom is 0.338 e. The predicted octanol–water partition coefficient (Wildman–Crippen LogP) is 3.40. The van der Waals surface area contributed by atoms with Gasteiger partial charge in [0.15, 0.2) is 0 Å². The van der Waals surface area contributed by atoms with Crippen LogP contribution in [0.4, 0.5) is 11.4 Å². The molecule has 0 bridgehead atoms. The van der Waals surface area contributed by atoms with Gasteiger partial charge in [-0.25, -0.2) is 4.79 Å². The molecule has 0 amide bonds. The molecule has 0 heterocycles. The molecule has 0 unspecified atom stereocenters. The first kappa shape index (κ1) is 15.2. The van der Waals surface area contributed by atoms with E-state index in [1.54, 1.807) is 0 Å². The lowest BCUT2D eigenvalue weighted by molar-refractivity contribution is -0.384. The summed E-state index contributed by atoms with van der Waals surface area (Å²) in [7, 11) is 0. The molecule has 1 aromatic carbocycles. The van der Waals surface area contributed by atoms with Gasteiger partial charge >= 0.3 is 5.97 Å². The fraction of sp³-hybridized carbons (Fsp3) is 0.417. The topological polar surface area (TPSA) is 92.5 Å². The van der Waals surface area contributed by atoms with Crippen molar-refractivity contribution in [2.75, 3.05) is 11.9 Å². The quantitative estimate of drug-likeness (QED) is 0.653. The third-order valence-electron chi connectivity index (χ3n) is 2.31. The van der Waals surface area contributed by atoms with Crippen molar-refractivity contribution < 1.29 is 14.8 Å². The monoisotopic (exact) mass is 286 g/mol. The van der Waals surface area contributed by atoms with Crippen molar-refractivity contribution in [3.8, 4) is 0 Å². The van der Waals surface area contributed by atoms with E-state index < -0.39 is 10.9 Å². The Labute approximate surface area is 115 Å². The molecular formula is C12H15ClN2O4. The van der Waals surface area contributed by atoms with Gasteiger partial charge in [0.2, 0.25) is 0 Å². The summed E-state index contributed by atoms with van der Waals surface area (Å²) in [5.41, 5.74) is -0.428. The largest absolute Gasteiger partial charge is 0.478 e. The Morgan fingerprint density at radius 3 is 2.47 bits per heavy atom. The van der Waals surface area contributed by atoms with E-state index >= 15 is 0 Å². The summed E-state index contributed by atoms with van der Waals surface area (Å²) < 4.78 is 0. The Kier molecular flexibility index (Phi) is 4.36. The standard InChI is InChI=1S/C12H15ClN2O4/c1-12(2,3)6-14-10-8(11(16)17)4-7(15(18)19)5-9(10)13/h4-5,14H,6H2,1-3H3,(H,16,17). The lowest BCUT2D eigenvalue weighted by Gasteiger charge is -2.21. The number of benzene rings is 1. The second kappa shape index (κ2) is 5.44. The minimum absolute atomic E-state index is 0.0239. The third kappa shape index (κ3) is 4.10. The molecular weight excluding hydrogens is 272 g/mol. The molecule has 0 aromatic heterocycles. The molecule has 0 aliphatic heterocycles. The number of nitrogens with zero attached hydrogens (tertiary/aromatic N) is 1. The molecule has 1 aromatic rings. The van der Waals surface area contributed by atoms with Crippen molar-refractivity contribution in [1.82, 2.24) is 0 Å². The molecule has 0 saturated heterocycles. The minimum Gasteiger partial charge on any atom is -0.478 e. The van der Waals surface area contributed by atoms with E-state index in [1.165, 1.54) is 0 Å². The average molecular weight is 287 g/mol. The van der Waals surface area contributed by atoms with Gasteiger partial charge in [-0.05, 0) is 5.41 Å². The Hall–Kier alpha value is -1.82. The van der Waals surface area contributed by atoms with Gasteiger partial charge in [-0.3, -0.25) is 10.1 Å². The van der Waals surface area contributed by atoms with Gasteiger partial charge in [-0.1, -0.05) is 32.4 Å². The molecule has 19 heavy (non-hydrogen) atoms. The van der Waals surface area contributed by atoms with Crippen LogP contribution in [-0.2, 0) is 0 Å². The van der Waals surface area contributed by atoms with Crippen LogP contribution in [0.5, 0.6) is 0 Å². The fourth-order valence-corrected chi connectivity index (χ4v) is 1.68. The molecule has 0 spiro atoms. The van der Waals surface area contributed by atoms with Gasteiger partial charge in [0.1, 0.15) is 0 Å². The molecule has 0 aliphatic rings. The summed E-state index contributed by atoms with van der Waals surface area (Å²) in [6.07, 6.45) is 0. The van der Waals surface area contributed by atoms with Gasteiger partial charge in [0.05, 0.1) is 21.2 Å². The maximum absolute atomic E-state index is 11.2. The van der Waals surface area contributed by atoms with Crippen molar-refractivity contribution in [3.63, 3.8) is 0 Å². The molecule has 0 atom stereocenters. The van der Waals surface area contributed by atoms with Crippen LogP contribution in [0.1, 0.15) is 31.1 Å². The smallest absolute Gasteiger partial charge is 0.338 e. The van der Waals surface area contributed by atoms with Gasteiger partial charge in [0.25, 0.3) is 5.69 Å². The molecule has 104 valence electrons. The second-order valence-electron chi connectivity index (χ2n) is 5.33. The first-order valence-electron chi connectivity index (χ1n) is 5.57. The molecule has 2 N–H and O–H groups in total. The summed E-state index contributed by atoms with van der Waals surface area (Å²) in [6, 6.07) is 2.14. The maximum atomic E-state index is 11.2. The second-order valence-corrected chi connectivity index (χ2v) is 5.73. The van der Waals surface area contributed by atoms with Gasteiger partial charge in [0, 0.05) is 18.7 Å². The SMILES string of the molecule is CC(C)(C)CNc1c(Cl)cc([N+](=O)[O-])cc1C(=O)O. The Morgan fingerprint density at radius 1 is 1.47 bits per heavy atom. The summed E-state index contributed by atoms with van der Waals surface area (Å²) in [5, 5.41) is 22.8. The van der Waals surface area contributed by atoms with Crippen molar-refractivity contribution in [2.24, 2.45) is 5.41 Å². The molecule has 0 aliphatic carbocycles. The average Bonchev–Trinajstić information content (AvgIpc) is 2.24. The highest BCUT2D eigenvalue weighted by atomic mass is 35.5. The third-order valence-corrected chi connectivity index (χ3v) is 2.61. The number of aromatic carboxylic acids is 1. The van der Waals surface area contributed by atoms with Crippen molar-refractivity contribution in [1.29, 1.82) is 0 Å². The molecule has 0 fully saturated rings. The number of carbonyl (C=O) groups is 1. The van der Waals surface area contributed by atoms with Crippen molar-refractivity contribution in [3.05, 3.63) is 32.8 Å². The zero-order valence-corrected chi connectivity index (χ0v) is 11.6. The molecule has 0 saturated carbocycles. The number of hydrogen-bond donors (Lipinski definition) is 2. The van der Waals surface area contributed by atoms with Crippen LogP contribution >= 0.6 is 11.6 Å². The zero-order chi connectivity index (χ0) is 14.8. The van der Waals surface area contributed by atoms with Crippen molar-refractivity contribution in [2.45, 2.75) is 20.8 Å². The zero-order valence-electron chi connectivity index (χ0n) is 10.9. The van der Waals surface area contributed by atoms with Crippen LogP contribution < -0.4 is 5.32 Å². The van der Waals surface area contributed by atoms with Crippen LogP contribution in [0.25, 0.3) is 0 Å². The highest BCUT2D eigenvalue weighted by molar-refractivity contribution is 6.34. The van der Waals surface area contributed by atoms with E-state index in [0.29, 0.717) is 6.54 Å². The number of carboxylic acid groups (broad SMARTS) is 1. The number of anilines is 1. The number of carboxylic acids is 1. The van der Waals surface area contributed by atoms with Crippen molar-refractivity contribution >= 4 is 28.9 Å². The number of nitrogens with one attached hydrogen (secondary N) is 1. The fourth-order valence-electron chi connectivity index (χ4n) is 1.40. The van der Waals surface area contributed by atoms with E-state index in [1.807, 2.05) is 20.8 Å². The van der Waals surface area contributed by atoms with E-state index in [-0.39, 0.29) is 27.4 Å². The van der Waals surface area contributed by atoms with Crippen LogP contribution in [-0.4, -0.2) is 22.5 Å². The van der Waals surface area contributed by atoms with Gasteiger partial charge in [-0.2, -0.15) is 0 Å². The van der Waals surface area contributed by atoms with Crippen LogP contribution in [0.3, 0.4) is 0 Å². The first-order chi connectivity index (χ1) is 8.61. The predicted molar refractivity (Wildman–Crippen MR) is 73.0 cm³/mol. The van der Waals surface area contributed by atoms with E-state index in [9.17, 15) is 14.9 Å². The van der Waals surface area contributed by atoms with E-state index in [2.05, 4.69) is 5.32 Å². The summed E-state index contributed by atoms with van der Waals surface area (Å²) in [4.78, 5) is 21.2. The highest BCUT2D eigenvalue weighted by Crippen LogP contribution is 2.32. The van der Waals surface area contributed by atoms with Gasteiger partial charge < -0.3 is 10.4 Å². The summed E-state index contributed by atoms with van der Waals surface area (Å²) in [6.45, 7) is 6.41. The first-order valence-corrected chi connectivity index (χ1v) is 5.95. The Morgan fingerprint density at radius 2 is 2.05 bits per heavy atom. The summed E-state index contributed by atoms with van der Waals surface area (Å²) >= 11 is 5.92. The number of nitro benzene ring substituents is 1.